The van der Waals surface area contributed by atoms with Crippen LogP contribution in [0.3, 0.4) is 0 Å². The summed E-state index contributed by atoms with van der Waals surface area (Å²) < 4.78 is 31.7. The number of nitrogens with one attached hydrogen (secondary N) is 2. The molecule has 0 aliphatic carbocycles. The maximum Gasteiger partial charge on any atom is 0.251 e. The molecule has 2 rings (SSSR count). The van der Waals surface area contributed by atoms with Gasteiger partial charge in [-0.3, -0.25) is 4.79 Å². The monoisotopic (exact) mass is 376 g/mol. The number of sulfonamides is 1. The molecule has 1 amide bonds. The molecule has 140 valence electrons. The van der Waals surface area contributed by atoms with Crippen molar-refractivity contribution in [1.82, 2.24) is 10.0 Å². The zero-order valence-electron chi connectivity index (χ0n) is 15.4. The molecule has 2 N–H and O–H groups in total. The predicted octanol–water partition coefficient (Wildman–Crippen LogP) is 2.62. The Morgan fingerprint density at radius 3 is 2.35 bits per heavy atom. The lowest BCUT2D eigenvalue weighted by atomic mass is 10.1. The fraction of sp³-hybridized carbons (Fsp3) is 0.316. The molecule has 0 bridgehead atoms. The van der Waals surface area contributed by atoms with Gasteiger partial charge >= 0.3 is 0 Å². The second-order valence-corrected chi connectivity index (χ2v) is 8.06. The van der Waals surface area contributed by atoms with Crippen LogP contribution >= 0.6 is 0 Å². The molecule has 0 atom stereocenters. The van der Waals surface area contributed by atoms with Gasteiger partial charge in [0, 0.05) is 12.1 Å². The highest BCUT2D eigenvalue weighted by Crippen LogP contribution is 2.17. The van der Waals surface area contributed by atoms with E-state index in [9.17, 15) is 13.2 Å². The number of carbonyl (C=O) groups is 1. The Labute approximate surface area is 154 Å². The molecule has 0 aromatic heterocycles. The van der Waals surface area contributed by atoms with Gasteiger partial charge in [0.15, 0.2) is 0 Å². The zero-order chi connectivity index (χ0) is 19.3. The van der Waals surface area contributed by atoms with Crippen molar-refractivity contribution in [3.63, 3.8) is 0 Å². The molecule has 2 aromatic carbocycles. The quantitative estimate of drug-likeness (QED) is 0.778. The summed E-state index contributed by atoms with van der Waals surface area (Å²) in [6, 6.07) is 12.0. The normalized spacial score (nSPS) is 11.4. The van der Waals surface area contributed by atoms with E-state index in [1.165, 1.54) is 19.2 Å². The van der Waals surface area contributed by atoms with E-state index in [2.05, 4.69) is 10.0 Å². The maximum absolute atomic E-state index is 12.5. The highest BCUT2D eigenvalue weighted by atomic mass is 32.2. The summed E-state index contributed by atoms with van der Waals surface area (Å²) in [5.74, 6) is 0.453. The van der Waals surface area contributed by atoms with Crippen molar-refractivity contribution in [2.75, 3.05) is 7.05 Å². The third-order valence-electron chi connectivity index (χ3n) is 3.78. The average Bonchev–Trinajstić information content (AvgIpc) is 2.60. The molecule has 0 spiro atoms. The molecule has 0 radical (unpaired) electrons. The molecule has 0 aliphatic heterocycles. The second kappa shape index (κ2) is 8.33. The summed E-state index contributed by atoms with van der Waals surface area (Å²) in [6.07, 6.45) is 0.102. The molecule has 2 aromatic rings. The number of ether oxygens (including phenoxy) is 1. The van der Waals surface area contributed by atoms with Crippen LogP contribution in [0.5, 0.6) is 5.75 Å². The van der Waals surface area contributed by atoms with Gasteiger partial charge in [-0.05, 0) is 63.2 Å². The molecule has 6 nitrogen and oxygen atoms in total. The van der Waals surface area contributed by atoms with E-state index in [-0.39, 0.29) is 16.9 Å². The third kappa shape index (κ3) is 5.06. The summed E-state index contributed by atoms with van der Waals surface area (Å²) in [5.41, 5.74) is 1.96. The summed E-state index contributed by atoms with van der Waals surface area (Å²) >= 11 is 0. The highest BCUT2D eigenvalue weighted by molar-refractivity contribution is 7.89. The largest absolute Gasteiger partial charge is 0.491 e. The fourth-order valence-electron chi connectivity index (χ4n) is 2.37. The minimum atomic E-state index is -3.60. The molecular weight excluding hydrogens is 352 g/mol. The van der Waals surface area contributed by atoms with E-state index in [4.69, 9.17) is 4.74 Å². The summed E-state index contributed by atoms with van der Waals surface area (Å²) in [5, 5.41) is 2.82. The number of aryl methyl sites for hydroxylation is 1. The van der Waals surface area contributed by atoms with Crippen LogP contribution in [0.2, 0.25) is 0 Å². The molecule has 0 unspecified atom stereocenters. The first-order valence-corrected chi connectivity index (χ1v) is 9.79. The van der Waals surface area contributed by atoms with Crippen LogP contribution in [-0.4, -0.2) is 27.5 Å². The summed E-state index contributed by atoms with van der Waals surface area (Å²) in [6.45, 7) is 6.02. The Balaban J connectivity index is 2.09. The van der Waals surface area contributed by atoms with Crippen LogP contribution in [0.4, 0.5) is 0 Å². The minimum Gasteiger partial charge on any atom is -0.491 e. The number of amides is 1. The van der Waals surface area contributed by atoms with Crippen molar-refractivity contribution in [2.45, 2.75) is 38.3 Å². The Kier molecular flexibility index (Phi) is 6.39. The average molecular weight is 376 g/mol. The van der Waals surface area contributed by atoms with Crippen LogP contribution in [-0.2, 0) is 16.6 Å². The van der Waals surface area contributed by atoms with Gasteiger partial charge in [-0.15, -0.1) is 0 Å². The fourth-order valence-corrected chi connectivity index (χ4v) is 3.12. The van der Waals surface area contributed by atoms with E-state index in [0.29, 0.717) is 17.7 Å². The molecule has 0 saturated carbocycles. The van der Waals surface area contributed by atoms with Crippen LogP contribution in [0.15, 0.2) is 47.4 Å². The van der Waals surface area contributed by atoms with Gasteiger partial charge in [0.2, 0.25) is 10.0 Å². The Bertz CT molecular complexity index is 875. The standard InChI is InChI=1S/C19H24N2O4S/c1-13(2)25-16-8-6-15(7-9-16)12-21-19(22)18-11-17(10-5-14(18)3)26(23,24)20-4/h5-11,13,20H,12H2,1-4H3,(H,21,22). The number of carbonyl (C=O) groups excluding carboxylic acids is 1. The minimum absolute atomic E-state index is 0.0611. The van der Waals surface area contributed by atoms with Crippen molar-refractivity contribution in [2.24, 2.45) is 0 Å². The lowest BCUT2D eigenvalue weighted by Gasteiger charge is -2.12. The maximum atomic E-state index is 12.5. The first-order chi connectivity index (χ1) is 12.2. The van der Waals surface area contributed by atoms with Crippen LogP contribution in [0.1, 0.15) is 35.3 Å². The first kappa shape index (κ1) is 19.9. The first-order valence-electron chi connectivity index (χ1n) is 8.31. The van der Waals surface area contributed by atoms with Crippen molar-refractivity contribution in [1.29, 1.82) is 0 Å². The lowest BCUT2D eigenvalue weighted by molar-refractivity contribution is 0.0950. The van der Waals surface area contributed by atoms with Gasteiger partial charge in [-0.2, -0.15) is 0 Å². The van der Waals surface area contributed by atoms with E-state index >= 15 is 0 Å². The van der Waals surface area contributed by atoms with Gasteiger partial charge in [-0.25, -0.2) is 13.1 Å². The SMILES string of the molecule is CNS(=O)(=O)c1ccc(C)c(C(=O)NCc2ccc(OC(C)C)cc2)c1. The van der Waals surface area contributed by atoms with Crippen molar-refractivity contribution in [3.05, 3.63) is 59.2 Å². The Hall–Kier alpha value is -2.38. The smallest absolute Gasteiger partial charge is 0.251 e. The summed E-state index contributed by atoms with van der Waals surface area (Å²) in [4.78, 5) is 12.5. The van der Waals surface area contributed by atoms with Crippen LogP contribution in [0.25, 0.3) is 0 Å². The zero-order valence-corrected chi connectivity index (χ0v) is 16.2. The van der Waals surface area contributed by atoms with E-state index in [0.717, 1.165) is 11.3 Å². The van der Waals surface area contributed by atoms with E-state index in [1.54, 1.807) is 13.0 Å². The van der Waals surface area contributed by atoms with Gasteiger partial charge in [0.1, 0.15) is 5.75 Å². The number of hydrogen-bond acceptors (Lipinski definition) is 4. The van der Waals surface area contributed by atoms with Crippen molar-refractivity contribution >= 4 is 15.9 Å². The van der Waals surface area contributed by atoms with E-state index in [1.807, 2.05) is 38.1 Å². The molecule has 0 aliphatic rings. The number of rotatable bonds is 7. The molecule has 26 heavy (non-hydrogen) atoms. The highest BCUT2D eigenvalue weighted by Gasteiger charge is 2.16. The van der Waals surface area contributed by atoms with Crippen LogP contribution in [0, 0.1) is 6.92 Å². The number of hydrogen-bond donors (Lipinski definition) is 2. The molecule has 0 saturated heterocycles. The van der Waals surface area contributed by atoms with Gasteiger partial charge in [-0.1, -0.05) is 18.2 Å². The van der Waals surface area contributed by atoms with Crippen molar-refractivity contribution < 1.29 is 17.9 Å². The lowest BCUT2D eigenvalue weighted by Crippen LogP contribution is -2.25. The Morgan fingerprint density at radius 1 is 1.12 bits per heavy atom. The van der Waals surface area contributed by atoms with Gasteiger partial charge < -0.3 is 10.1 Å². The Morgan fingerprint density at radius 2 is 1.77 bits per heavy atom. The van der Waals surface area contributed by atoms with Gasteiger partial charge in [0.05, 0.1) is 11.0 Å². The molecule has 0 heterocycles. The summed E-state index contributed by atoms with van der Waals surface area (Å²) in [7, 11) is -2.26. The molecule has 0 fully saturated rings. The van der Waals surface area contributed by atoms with E-state index < -0.39 is 10.0 Å². The van der Waals surface area contributed by atoms with Crippen molar-refractivity contribution in [3.8, 4) is 5.75 Å². The second-order valence-electron chi connectivity index (χ2n) is 6.18. The van der Waals surface area contributed by atoms with Crippen LogP contribution < -0.4 is 14.8 Å². The topological polar surface area (TPSA) is 84.5 Å². The molecular formula is C19H24N2O4S. The van der Waals surface area contributed by atoms with Gasteiger partial charge in [0.25, 0.3) is 5.91 Å². The number of benzene rings is 2. The predicted molar refractivity (Wildman–Crippen MR) is 101 cm³/mol. The molecule has 7 heteroatoms. The third-order valence-corrected chi connectivity index (χ3v) is 5.19.